The number of likely N-dealkylation sites (tertiary alicyclic amines) is 1. The van der Waals surface area contributed by atoms with E-state index in [0.29, 0.717) is 35.8 Å². The Morgan fingerprint density at radius 2 is 1.77 bits per heavy atom. The average molecular weight is 476 g/mol. The van der Waals surface area contributed by atoms with Gasteiger partial charge in [-0.25, -0.2) is 4.79 Å². The molecule has 0 aliphatic carbocycles. The molecule has 0 spiro atoms. The van der Waals surface area contributed by atoms with Crippen molar-refractivity contribution in [1.82, 2.24) is 10.2 Å². The Kier molecular flexibility index (Phi) is 7.80. The summed E-state index contributed by atoms with van der Waals surface area (Å²) in [6, 6.07) is 14.4. The highest BCUT2D eigenvalue weighted by Gasteiger charge is 2.29. The molecular weight excluding hydrogens is 442 g/mol. The van der Waals surface area contributed by atoms with Crippen LogP contribution in [0.4, 0.5) is 10.5 Å². The lowest BCUT2D eigenvalue weighted by molar-refractivity contribution is -0.120. The summed E-state index contributed by atoms with van der Waals surface area (Å²) < 4.78 is 0. The molecule has 35 heavy (non-hydrogen) atoms. The Morgan fingerprint density at radius 3 is 2.31 bits per heavy atom. The fourth-order valence-electron chi connectivity index (χ4n) is 4.65. The molecule has 8 heteroatoms. The summed E-state index contributed by atoms with van der Waals surface area (Å²) in [5, 5.41) is 11.8. The quantitative estimate of drug-likeness (QED) is 0.662. The fourth-order valence-corrected chi connectivity index (χ4v) is 4.65. The Hall–Kier alpha value is -3.86. The number of hydrogen-bond donors (Lipinski definition) is 2. The molecule has 0 aromatic heterocycles. The molecule has 8 nitrogen and oxygen atoms in total. The van der Waals surface area contributed by atoms with Gasteiger partial charge in [0.25, 0.3) is 5.91 Å². The monoisotopic (exact) mass is 475 g/mol. The smallest absolute Gasteiger partial charge is 0.319 e. The first kappa shape index (κ1) is 25.8. The number of nitriles is 1. The number of primary amides is 1. The number of carbonyl (C=O) groups excluding carboxylic acids is 3. The zero-order valence-electron chi connectivity index (χ0n) is 20.8. The normalized spacial score (nSPS) is 14.2. The predicted octanol–water partition coefficient (Wildman–Crippen LogP) is 3.69. The minimum atomic E-state index is -0.708. The molecule has 2 aromatic carbocycles. The summed E-state index contributed by atoms with van der Waals surface area (Å²) in [7, 11) is 0. The van der Waals surface area contributed by atoms with E-state index in [1.807, 2.05) is 56.0 Å². The van der Waals surface area contributed by atoms with E-state index in [9.17, 15) is 14.4 Å². The van der Waals surface area contributed by atoms with Gasteiger partial charge in [0.05, 0.1) is 23.7 Å². The second-order valence-corrected chi connectivity index (χ2v) is 9.79. The van der Waals surface area contributed by atoms with Crippen molar-refractivity contribution in [1.29, 1.82) is 5.26 Å². The van der Waals surface area contributed by atoms with E-state index in [1.54, 1.807) is 12.1 Å². The van der Waals surface area contributed by atoms with Crippen molar-refractivity contribution >= 4 is 23.5 Å². The van der Waals surface area contributed by atoms with Gasteiger partial charge in [0.2, 0.25) is 5.91 Å². The van der Waals surface area contributed by atoms with E-state index in [0.717, 1.165) is 18.4 Å². The molecule has 3 rings (SSSR count). The first-order valence-electron chi connectivity index (χ1n) is 11.8. The molecule has 0 bridgehead atoms. The average Bonchev–Trinajstić information content (AvgIpc) is 2.82. The lowest BCUT2D eigenvalue weighted by Gasteiger charge is -2.34. The van der Waals surface area contributed by atoms with Gasteiger partial charge in [0.1, 0.15) is 0 Å². The number of benzene rings is 2. The van der Waals surface area contributed by atoms with Crippen LogP contribution in [0.15, 0.2) is 42.5 Å². The van der Waals surface area contributed by atoms with Crippen LogP contribution in [0.2, 0.25) is 0 Å². The van der Waals surface area contributed by atoms with Gasteiger partial charge in [0, 0.05) is 31.3 Å². The molecular formula is C27H33N5O3. The maximum Gasteiger partial charge on any atom is 0.319 e. The topological polar surface area (TPSA) is 120 Å². The van der Waals surface area contributed by atoms with Crippen LogP contribution in [0.1, 0.15) is 66.6 Å². The number of piperidine rings is 1. The molecule has 1 heterocycles. The van der Waals surface area contributed by atoms with Crippen LogP contribution in [0.3, 0.4) is 0 Å². The van der Waals surface area contributed by atoms with Crippen molar-refractivity contribution in [3.63, 3.8) is 0 Å². The van der Waals surface area contributed by atoms with Crippen molar-refractivity contribution in [2.24, 2.45) is 5.73 Å². The van der Waals surface area contributed by atoms with Crippen LogP contribution in [-0.4, -0.2) is 47.9 Å². The van der Waals surface area contributed by atoms with Crippen molar-refractivity contribution in [3.8, 4) is 6.07 Å². The number of rotatable bonds is 6. The minimum absolute atomic E-state index is 0.0879. The SMILES string of the molecule is CC(=O)NC(C)(C)CN(C(N)=O)c1cc(C(=O)N2CCC(c3ccc(C#N)cc3)CC2)ccc1C. The number of amides is 4. The first-order chi connectivity index (χ1) is 16.5. The molecule has 0 radical (unpaired) electrons. The van der Waals surface area contributed by atoms with Crippen molar-refractivity contribution in [2.45, 2.75) is 52.0 Å². The summed E-state index contributed by atoms with van der Waals surface area (Å²) in [5.74, 6) is 0.0567. The second-order valence-electron chi connectivity index (χ2n) is 9.79. The Labute approximate surface area is 206 Å². The molecule has 1 saturated heterocycles. The number of aryl methyl sites for hydroxylation is 1. The number of urea groups is 1. The summed E-state index contributed by atoms with van der Waals surface area (Å²) in [5.41, 5.74) is 8.66. The standard InChI is InChI=1S/C27H33N5O3/c1-18-5-8-23(15-24(18)32(26(29)35)17-27(3,4)30-19(2)33)25(34)31-13-11-22(12-14-31)21-9-6-20(16-28)7-10-21/h5-10,15,22H,11-14,17H2,1-4H3,(H2,29,35)(H,30,33). The van der Waals surface area contributed by atoms with E-state index in [2.05, 4.69) is 11.4 Å². The van der Waals surface area contributed by atoms with Gasteiger partial charge < -0.3 is 16.0 Å². The molecule has 2 aromatic rings. The molecule has 1 aliphatic rings. The summed E-state index contributed by atoms with van der Waals surface area (Å²) in [6.07, 6.45) is 1.68. The molecule has 0 atom stereocenters. The van der Waals surface area contributed by atoms with Crippen molar-refractivity contribution in [3.05, 3.63) is 64.7 Å². The Morgan fingerprint density at radius 1 is 1.14 bits per heavy atom. The van der Waals surface area contributed by atoms with Crippen molar-refractivity contribution < 1.29 is 14.4 Å². The van der Waals surface area contributed by atoms with Gasteiger partial charge in [-0.2, -0.15) is 5.26 Å². The highest BCUT2D eigenvalue weighted by Crippen LogP contribution is 2.30. The largest absolute Gasteiger partial charge is 0.351 e. The second kappa shape index (κ2) is 10.6. The van der Waals surface area contributed by atoms with Crippen LogP contribution < -0.4 is 16.0 Å². The van der Waals surface area contributed by atoms with E-state index in [1.165, 1.54) is 17.4 Å². The molecule has 4 amide bonds. The van der Waals surface area contributed by atoms with Crippen LogP contribution in [0.5, 0.6) is 0 Å². The number of hydrogen-bond acceptors (Lipinski definition) is 4. The maximum atomic E-state index is 13.3. The zero-order chi connectivity index (χ0) is 25.8. The first-order valence-corrected chi connectivity index (χ1v) is 11.8. The molecule has 1 fully saturated rings. The molecule has 0 unspecified atom stereocenters. The van der Waals surface area contributed by atoms with Gasteiger partial charge in [-0.15, -0.1) is 0 Å². The predicted molar refractivity (Wildman–Crippen MR) is 135 cm³/mol. The van der Waals surface area contributed by atoms with Gasteiger partial charge in [0.15, 0.2) is 0 Å². The van der Waals surface area contributed by atoms with Gasteiger partial charge in [-0.05, 0) is 74.9 Å². The Balaban J connectivity index is 1.74. The summed E-state index contributed by atoms with van der Waals surface area (Å²) >= 11 is 0. The third kappa shape index (κ3) is 6.38. The fraction of sp³-hybridized carbons (Fsp3) is 0.407. The number of anilines is 1. The number of carbonyl (C=O) groups is 3. The van der Waals surface area contributed by atoms with Crippen LogP contribution in [-0.2, 0) is 4.79 Å². The molecule has 184 valence electrons. The lowest BCUT2D eigenvalue weighted by atomic mass is 9.89. The van der Waals surface area contributed by atoms with Crippen LogP contribution in [0.25, 0.3) is 0 Å². The zero-order valence-corrected chi connectivity index (χ0v) is 20.8. The third-order valence-corrected chi connectivity index (χ3v) is 6.37. The molecule has 1 aliphatic heterocycles. The Bertz CT molecular complexity index is 1140. The molecule has 3 N–H and O–H groups in total. The van der Waals surface area contributed by atoms with E-state index >= 15 is 0 Å². The molecule has 0 saturated carbocycles. The van der Waals surface area contributed by atoms with Gasteiger partial charge >= 0.3 is 6.03 Å². The summed E-state index contributed by atoms with van der Waals surface area (Å²) in [6.45, 7) is 8.32. The lowest BCUT2D eigenvalue weighted by Crippen LogP contribution is -2.53. The number of nitrogens with two attached hydrogens (primary N) is 1. The number of nitrogens with one attached hydrogen (secondary N) is 1. The summed E-state index contributed by atoms with van der Waals surface area (Å²) in [4.78, 5) is 40.4. The highest BCUT2D eigenvalue weighted by atomic mass is 16.2. The van der Waals surface area contributed by atoms with E-state index in [-0.39, 0.29) is 18.4 Å². The number of nitrogens with zero attached hydrogens (tertiary/aromatic N) is 3. The highest BCUT2D eigenvalue weighted by molar-refractivity contribution is 5.98. The van der Waals surface area contributed by atoms with Gasteiger partial charge in [-0.1, -0.05) is 18.2 Å². The van der Waals surface area contributed by atoms with Gasteiger partial charge in [-0.3, -0.25) is 14.5 Å². The van der Waals surface area contributed by atoms with E-state index in [4.69, 9.17) is 11.0 Å². The minimum Gasteiger partial charge on any atom is -0.351 e. The van der Waals surface area contributed by atoms with Crippen LogP contribution >= 0.6 is 0 Å². The van der Waals surface area contributed by atoms with E-state index < -0.39 is 11.6 Å². The third-order valence-electron chi connectivity index (χ3n) is 6.37. The maximum absolute atomic E-state index is 13.3. The van der Waals surface area contributed by atoms with Crippen LogP contribution in [0, 0.1) is 18.3 Å². The van der Waals surface area contributed by atoms with Crippen molar-refractivity contribution in [2.75, 3.05) is 24.5 Å².